The predicted octanol–water partition coefficient (Wildman–Crippen LogP) is 5.39. The van der Waals surface area contributed by atoms with Gasteiger partial charge in [0.25, 0.3) is 5.09 Å². The van der Waals surface area contributed by atoms with E-state index in [0.717, 1.165) is 13.8 Å². The Hall–Kier alpha value is -3.31. The highest BCUT2D eigenvalue weighted by molar-refractivity contribution is 8.45. The number of benzene rings is 1. The zero-order valence-corrected chi connectivity index (χ0v) is 18.3. The summed E-state index contributed by atoms with van der Waals surface area (Å²) < 4.78 is 120. The highest BCUT2D eigenvalue weighted by Crippen LogP contribution is 3.02. The summed E-state index contributed by atoms with van der Waals surface area (Å²) in [5.41, 5.74) is -3.02. The lowest BCUT2D eigenvalue weighted by atomic mass is 9.99. The number of carbonyl (C=O) groups is 2. The van der Waals surface area contributed by atoms with Crippen molar-refractivity contribution in [3.05, 3.63) is 38.9 Å². The van der Waals surface area contributed by atoms with Crippen molar-refractivity contribution < 1.29 is 66.3 Å². The van der Waals surface area contributed by atoms with E-state index in [1.165, 1.54) is 0 Å². The van der Waals surface area contributed by atoms with Gasteiger partial charge >= 0.3 is 28.3 Å². The average molecular weight is 545 g/mol. The molecule has 1 aliphatic heterocycles. The molecule has 2 rings (SSSR count). The van der Waals surface area contributed by atoms with E-state index in [2.05, 4.69) is 19.0 Å². The van der Waals surface area contributed by atoms with Gasteiger partial charge in [0.15, 0.2) is 0 Å². The molecule has 1 aliphatic rings. The van der Waals surface area contributed by atoms with Crippen LogP contribution in [-0.4, -0.2) is 42.2 Å². The molecule has 0 aliphatic carbocycles. The number of hydrogen-bond donors (Lipinski definition) is 0. The van der Waals surface area contributed by atoms with Gasteiger partial charge in [-0.3, -0.25) is 4.79 Å². The maximum atomic E-state index is 13.5. The van der Waals surface area contributed by atoms with Crippen molar-refractivity contribution in [2.45, 2.75) is 43.7 Å². The van der Waals surface area contributed by atoms with E-state index in [4.69, 9.17) is 0 Å². The van der Waals surface area contributed by atoms with Gasteiger partial charge in [0.05, 0.1) is 12.0 Å². The van der Waals surface area contributed by atoms with Crippen molar-refractivity contribution in [1.82, 2.24) is 0 Å². The second-order valence-electron chi connectivity index (χ2n) is 7.04. The van der Waals surface area contributed by atoms with Crippen molar-refractivity contribution in [3.8, 4) is 5.75 Å². The minimum absolute atomic E-state index is 0.0743. The molecule has 1 heterocycles. The highest BCUT2D eigenvalue weighted by atomic mass is 32.5. The molecule has 35 heavy (non-hydrogen) atoms. The van der Waals surface area contributed by atoms with Gasteiger partial charge in [-0.2, -0.15) is 13.2 Å². The Balaban J connectivity index is 2.36. The zero-order valence-electron chi connectivity index (χ0n) is 17.4. The zero-order chi connectivity index (χ0) is 27.0. The first kappa shape index (κ1) is 27.9. The summed E-state index contributed by atoms with van der Waals surface area (Å²) in [6.07, 6.45) is -10.7. The number of esters is 2. The second-order valence-corrected chi connectivity index (χ2v) is 9.45. The van der Waals surface area contributed by atoms with Gasteiger partial charge in [0.1, 0.15) is 17.3 Å². The minimum Gasteiger partial charge on any atom is -0.475 e. The summed E-state index contributed by atoms with van der Waals surface area (Å²) in [5, 5.41) is 8.79. The van der Waals surface area contributed by atoms with Gasteiger partial charge < -0.3 is 19.0 Å². The third kappa shape index (κ3) is 7.33. The molecule has 0 spiro atoms. The molecule has 0 bridgehead atoms. The van der Waals surface area contributed by atoms with E-state index in [1.807, 2.05) is 0 Å². The molecule has 198 valence electrons. The van der Waals surface area contributed by atoms with Crippen LogP contribution in [0.1, 0.15) is 24.5 Å². The standard InChI is InChI=1S/C17H15F8NO8S/c1-8-5-11(35(21,22,23,24)25)6-10-7-12(15(17(18,19)20)34-14(8)10)16(28)33-9(2)32-13(27)3-4-31-26(29)30/h5-7,9,15H,3-4H2,1-2H3. The topological polar surface area (TPSA) is 114 Å². The normalized spacial score (nSPS) is 18.6. The van der Waals surface area contributed by atoms with Gasteiger partial charge in [-0.05, 0) is 30.7 Å². The molecule has 0 saturated heterocycles. The Kier molecular flexibility index (Phi) is 6.72. The number of halogens is 8. The lowest BCUT2D eigenvalue weighted by molar-refractivity contribution is -0.757. The average Bonchev–Trinajstić information content (AvgIpc) is 2.63. The Morgan fingerprint density at radius 1 is 1.17 bits per heavy atom. The van der Waals surface area contributed by atoms with Crippen LogP contribution in [0.4, 0.5) is 32.6 Å². The molecule has 2 atom stereocenters. The van der Waals surface area contributed by atoms with Crippen molar-refractivity contribution in [1.29, 1.82) is 0 Å². The lowest BCUT2D eigenvalue weighted by Gasteiger charge is -2.41. The Morgan fingerprint density at radius 3 is 2.29 bits per heavy atom. The number of carbonyl (C=O) groups excluding carboxylic acids is 2. The third-order valence-electron chi connectivity index (χ3n) is 4.16. The second kappa shape index (κ2) is 8.42. The van der Waals surface area contributed by atoms with Gasteiger partial charge in [-0.1, -0.05) is 19.4 Å². The SMILES string of the molecule is Cc1cc(S(F)(F)(F)(F)F)cc2c1OC(C(F)(F)F)C(C(=O)OC(C)OC(=O)CCO[N+](=O)[O-])=C2. The van der Waals surface area contributed by atoms with Crippen LogP contribution < -0.4 is 4.74 Å². The number of alkyl halides is 3. The highest BCUT2D eigenvalue weighted by Gasteiger charge is 2.65. The fraction of sp³-hybridized carbons (Fsp3) is 0.412. The first-order chi connectivity index (χ1) is 15.6. The van der Waals surface area contributed by atoms with Crippen LogP contribution in [0.3, 0.4) is 0 Å². The van der Waals surface area contributed by atoms with Crippen LogP contribution in [0.2, 0.25) is 0 Å². The van der Waals surface area contributed by atoms with Gasteiger partial charge in [0, 0.05) is 12.5 Å². The molecule has 0 aromatic heterocycles. The monoisotopic (exact) mass is 545 g/mol. The molecule has 18 heteroatoms. The molecular formula is C17H15F8NO8S. The quantitative estimate of drug-likeness (QED) is 0.141. The molecule has 0 saturated carbocycles. The third-order valence-corrected chi connectivity index (χ3v) is 5.28. The molecule has 0 fully saturated rings. The van der Waals surface area contributed by atoms with E-state index >= 15 is 0 Å². The van der Waals surface area contributed by atoms with Crippen LogP contribution in [0.5, 0.6) is 5.75 Å². The maximum absolute atomic E-state index is 13.5. The smallest absolute Gasteiger partial charge is 0.430 e. The van der Waals surface area contributed by atoms with E-state index < -0.39 is 86.2 Å². The van der Waals surface area contributed by atoms with Crippen molar-refractivity contribution in [2.24, 2.45) is 0 Å². The van der Waals surface area contributed by atoms with Crippen LogP contribution in [0.15, 0.2) is 22.6 Å². The molecule has 9 nitrogen and oxygen atoms in total. The number of ether oxygens (including phenoxy) is 3. The number of hydrogen-bond acceptors (Lipinski definition) is 8. The van der Waals surface area contributed by atoms with E-state index in [0.29, 0.717) is 0 Å². The van der Waals surface area contributed by atoms with Crippen LogP contribution in [-0.2, 0) is 23.9 Å². The van der Waals surface area contributed by atoms with E-state index in [9.17, 15) is 52.3 Å². The molecule has 0 N–H and O–H groups in total. The van der Waals surface area contributed by atoms with Crippen LogP contribution in [0.25, 0.3) is 6.08 Å². The lowest BCUT2D eigenvalue weighted by Crippen LogP contribution is -2.41. The van der Waals surface area contributed by atoms with Crippen LogP contribution >= 0.6 is 10.2 Å². The molecular weight excluding hydrogens is 530 g/mol. The maximum Gasteiger partial charge on any atom is 0.430 e. The Labute approximate surface area is 190 Å². The van der Waals surface area contributed by atoms with Crippen molar-refractivity contribution >= 4 is 28.2 Å². The molecule has 0 radical (unpaired) electrons. The van der Waals surface area contributed by atoms with E-state index in [-0.39, 0.29) is 18.2 Å². The fourth-order valence-electron chi connectivity index (χ4n) is 2.78. The number of fused-ring (bicyclic) bond motifs is 1. The minimum atomic E-state index is -10.2. The Morgan fingerprint density at radius 2 is 1.77 bits per heavy atom. The molecule has 1 aromatic carbocycles. The first-order valence-electron chi connectivity index (χ1n) is 9.10. The van der Waals surface area contributed by atoms with Gasteiger partial charge in [-0.25, -0.2) is 4.79 Å². The largest absolute Gasteiger partial charge is 0.475 e. The summed E-state index contributed by atoms with van der Waals surface area (Å²) in [6.45, 7) is 0.939. The number of aryl methyl sites for hydroxylation is 1. The fourth-order valence-corrected chi connectivity index (χ4v) is 3.53. The summed E-state index contributed by atoms with van der Waals surface area (Å²) in [7, 11) is -10.2. The van der Waals surface area contributed by atoms with Gasteiger partial charge in [-0.15, -0.1) is 10.1 Å². The van der Waals surface area contributed by atoms with Crippen LogP contribution in [0, 0.1) is 17.0 Å². The predicted molar refractivity (Wildman–Crippen MR) is 100 cm³/mol. The summed E-state index contributed by atoms with van der Waals surface area (Å²) >= 11 is 0. The summed E-state index contributed by atoms with van der Waals surface area (Å²) in [6, 6.07) is -0.238. The van der Waals surface area contributed by atoms with Gasteiger partial charge in [0.2, 0.25) is 12.4 Å². The van der Waals surface area contributed by atoms with Crippen molar-refractivity contribution in [3.63, 3.8) is 0 Å². The molecule has 1 aromatic rings. The van der Waals surface area contributed by atoms with Crippen molar-refractivity contribution in [2.75, 3.05) is 6.61 Å². The molecule has 0 amide bonds. The Bertz CT molecular complexity index is 1090. The summed E-state index contributed by atoms with van der Waals surface area (Å²) in [5.74, 6) is -3.88. The number of rotatable bonds is 8. The molecule has 2 unspecified atom stereocenters. The first-order valence-corrected chi connectivity index (χ1v) is 11.0. The number of nitrogens with zero attached hydrogens (tertiary/aromatic N) is 1. The summed E-state index contributed by atoms with van der Waals surface area (Å²) in [4.78, 5) is 35.2. The van der Waals surface area contributed by atoms with E-state index in [1.54, 1.807) is 0 Å².